The lowest BCUT2D eigenvalue weighted by Crippen LogP contribution is -2.56. The Morgan fingerprint density at radius 3 is 2.57 bits per heavy atom. The van der Waals surface area contributed by atoms with E-state index in [9.17, 15) is 24.6 Å². The van der Waals surface area contributed by atoms with E-state index in [1.807, 2.05) is 4.98 Å². The molecule has 7 N–H and O–H groups in total. The van der Waals surface area contributed by atoms with Gasteiger partial charge >= 0.3 is 11.7 Å². The number of carboxylic acids is 1. The number of nitrogens with two attached hydrogens (primary N) is 1. The van der Waals surface area contributed by atoms with Gasteiger partial charge in [0, 0.05) is 18.3 Å². The van der Waals surface area contributed by atoms with Gasteiger partial charge in [0.15, 0.2) is 5.72 Å². The Morgan fingerprint density at radius 2 is 2.09 bits per heavy atom. The highest BCUT2D eigenvalue weighted by Gasteiger charge is 2.55. The molecule has 11 heteroatoms. The van der Waals surface area contributed by atoms with Crippen molar-refractivity contribution in [2.24, 2.45) is 5.73 Å². The molecule has 1 aliphatic heterocycles. The summed E-state index contributed by atoms with van der Waals surface area (Å²) in [5.41, 5.74) is 1.48. The minimum absolute atomic E-state index is 0.261. The molecule has 128 valence electrons. The van der Waals surface area contributed by atoms with Gasteiger partial charge in [0.2, 0.25) is 0 Å². The van der Waals surface area contributed by atoms with Crippen LogP contribution in [0.5, 0.6) is 0 Å². The maximum atomic E-state index is 12.0. The molecule has 1 aromatic rings. The number of aromatic nitrogens is 2. The normalized spacial score (nSPS) is 30.5. The third-order valence-corrected chi connectivity index (χ3v) is 3.76. The summed E-state index contributed by atoms with van der Waals surface area (Å²) in [7, 11) is 0. The molecule has 2 rings (SSSR count). The van der Waals surface area contributed by atoms with E-state index in [0.717, 1.165) is 10.8 Å². The van der Waals surface area contributed by atoms with E-state index >= 15 is 0 Å². The van der Waals surface area contributed by atoms with E-state index in [1.165, 1.54) is 0 Å². The number of aliphatic hydroxyl groups excluding tert-OH is 3. The van der Waals surface area contributed by atoms with E-state index in [4.69, 9.17) is 20.7 Å². The molecule has 2 heterocycles. The smallest absolute Gasteiger partial charge is 0.330 e. The molecular weight excluding hydrogens is 314 g/mol. The molecule has 11 nitrogen and oxygen atoms in total. The van der Waals surface area contributed by atoms with Crippen LogP contribution in [0.2, 0.25) is 0 Å². The summed E-state index contributed by atoms with van der Waals surface area (Å²) in [6.07, 6.45) is -4.15. The van der Waals surface area contributed by atoms with Crippen LogP contribution in [0, 0.1) is 0 Å². The highest BCUT2D eigenvalue weighted by atomic mass is 16.6. The number of carboxylic acid groups (broad SMARTS) is 1. The molecule has 1 aliphatic rings. The van der Waals surface area contributed by atoms with Gasteiger partial charge in [0.25, 0.3) is 5.56 Å². The minimum Gasteiger partial charge on any atom is -0.481 e. The zero-order valence-corrected chi connectivity index (χ0v) is 11.9. The summed E-state index contributed by atoms with van der Waals surface area (Å²) in [5, 5.41) is 38.0. The molecule has 0 aromatic carbocycles. The number of nitrogens with one attached hydrogen (secondary N) is 1. The monoisotopic (exact) mass is 331 g/mol. The summed E-state index contributed by atoms with van der Waals surface area (Å²) < 4.78 is 6.09. The molecular formula is C12H17N3O8. The maximum absolute atomic E-state index is 12.0. The van der Waals surface area contributed by atoms with E-state index in [1.54, 1.807) is 0 Å². The van der Waals surface area contributed by atoms with Crippen LogP contribution in [-0.2, 0) is 21.7 Å². The largest absolute Gasteiger partial charge is 0.481 e. The Labute approximate surface area is 128 Å². The third-order valence-electron chi connectivity index (χ3n) is 3.76. The first-order valence-corrected chi connectivity index (χ1v) is 6.69. The van der Waals surface area contributed by atoms with Crippen LogP contribution in [0.4, 0.5) is 0 Å². The van der Waals surface area contributed by atoms with Crippen LogP contribution >= 0.6 is 0 Å². The summed E-state index contributed by atoms with van der Waals surface area (Å²) in [6, 6.07) is 0. The van der Waals surface area contributed by atoms with Crippen molar-refractivity contribution in [1.82, 2.24) is 9.55 Å². The molecule has 1 aromatic heterocycles. The number of carbonyl (C=O) groups is 1. The molecule has 4 atom stereocenters. The first-order chi connectivity index (χ1) is 10.8. The van der Waals surface area contributed by atoms with Crippen molar-refractivity contribution in [3.63, 3.8) is 0 Å². The lowest BCUT2D eigenvalue weighted by atomic mass is 10.0. The Kier molecular flexibility index (Phi) is 4.68. The average molecular weight is 331 g/mol. The fraction of sp³-hybridized carbons (Fsp3) is 0.583. The molecule has 0 amide bonds. The summed E-state index contributed by atoms with van der Waals surface area (Å²) in [6.45, 7) is -1.11. The van der Waals surface area contributed by atoms with Crippen LogP contribution in [-0.4, -0.2) is 67.4 Å². The number of hydrogen-bond acceptors (Lipinski definition) is 8. The van der Waals surface area contributed by atoms with Gasteiger partial charge in [-0.1, -0.05) is 0 Å². The van der Waals surface area contributed by atoms with Crippen molar-refractivity contribution < 1.29 is 30.0 Å². The Balaban J connectivity index is 2.60. The Bertz CT molecular complexity index is 713. The minimum atomic E-state index is -1.94. The van der Waals surface area contributed by atoms with E-state index in [2.05, 4.69) is 0 Å². The molecule has 0 unspecified atom stereocenters. The summed E-state index contributed by atoms with van der Waals surface area (Å²) in [4.78, 5) is 36.4. The number of H-pyrrole nitrogens is 1. The number of ether oxygens (including phenoxy) is 1. The lowest BCUT2D eigenvalue weighted by Gasteiger charge is -2.32. The van der Waals surface area contributed by atoms with Crippen LogP contribution in [0.3, 0.4) is 0 Å². The second-order valence-electron chi connectivity index (χ2n) is 5.18. The Hall–Kier alpha value is -2.05. The van der Waals surface area contributed by atoms with Gasteiger partial charge in [-0.15, -0.1) is 0 Å². The number of aliphatic hydroxyl groups is 3. The summed E-state index contributed by atoms with van der Waals surface area (Å²) in [5.74, 6) is -1.30. The second-order valence-corrected chi connectivity index (χ2v) is 5.18. The van der Waals surface area contributed by atoms with Crippen LogP contribution in [0.25, 0.3) is 0 Å². The number of rotatable bonds is 5. The van der Waals surface area contributed by atoms with E-state index in [0.29, 0.717) is 0 Å². The molecule has 0 aliphatic carbocycles. The molecule has 0 spiro atoms. The van der Waals surface area contributed by atoms with Crippen molar-refractivity contribution in [1.29, 1.82) is 0 Å². The highest BCUT2D eigenvalue weighted by Crippen LogP contribution is 2.33. The first-order valence-electron chi connectivity index (χ1n) is 6.69. The third kappa shape index (κ3) is 2.80. The van der Waals surface area contributed by atoms with E-state index in [-0.39, 0.29) is 5.56 Å². The molecule has 0 radical (unpaired) electrons. The number of aromatic amines is 1. The highest BCUT2D eigenvalue weighted by molar-refractivity contribution is 5.69. The van der Waals surface area contributed by atoms with Gasteiger partial charge in [0.05, 0.1) is 13.0 Å². The van der Waals surface area contributed by atoms with Gasteiger partial charge in [-0.2, -0.15) is 0 Å². The van der Waals surface area contributed by atoms with Crippen molar-refractivity contribution in [3.05, 3.63) is 32.6 Å². The maximum Gasteiger partial charge on any atom is 0.330 e. The van der Waals surface area contributed by atoms with Crippen LogP contribution in [0.1, 0.15) is 5.56 Å². The SMILES string of the molecule is NC[C@@]1(n2cc(CC(=O)O)c(=O)[nH]c2=O)O[C@H](CO)[C@@H](O)[C@H]1O. The van der Waals surface area contributed by atoms with Gasteiger partial charge in [-0.3, -0.25) is 19.1 Å². The Morgan fingerprint density at radius 1 is 1.43 bits per heavy atom. The fourth-order valence-electron chi connectivity index (χ4n) is 2.56. The van der Waals surface area contributed by atoms with Gasteiger partial charge in [0.1, 0.15) is 18.3 Å². The van der Waals surface area contributed by atoms with E-state index < -0.39 is 60.8 Å². The van der Waals surface area contributed by atoms with Gasteiger partial charge in [-0.25, -0.2) is 4.79 Å². The quantitative estimate of drug-likeness (QED) is 0.311. The molecule has 0 bridgehead atoms. The lowest BCUT2D eigenvalue weighted by molar-refractivity contribution is -0.143. The van der Waals surface area contributed by atoms with Crippen LogP contribution in [0.15, 0.2) is 15.8 Å². The van der Waals surface area contributed by atoms with Crippen molar-refractivity contribution in [2.75, 3.05) is 13.2 Å². The summed E-state index contributed by atoms with van der Waals surface area (Å²) >= 11 is 0. The molecule has 0 saturated carbocycles. The van der Waals surface area contributed by atoms with Crippen molar-refractivity contribution in [2.45, 2.75) is 30.5 Å². The molecule has 23 heavy (non-hydrogen) atoms. The number of hydrogen-bond donors (Lipinski definition) is 6. The van der Waals surface area contributed by atoms with Crippen LogP contribution < -0.4 is 17.0 Å². The number of nitrogens with zero attached hydrogens (tertiary/aromatic N) is 1. The standard InChI is InChI=1S/C12H17N3O8/c13-4-12(9(20)8(19)6(3-16)23-12)15-2-5(1-7(17)18)10(21)14-11(15)22/h2,6,8-9,16,19-20H,1,3-4,13H2,(H,17,18)(H,14,21,22)/t6-,8-,9-,12-/m1/s1. The zero-order valence-electron chi connectivity index (χ0n) is 11.9. The number of aliphatic carboxylic acids is 1. The predicted molar refractivity (Wildman–Crippen MR) is 73.7 cm³/mol. The average Bonchev–Trinajstić information content (AvgIpc) is 2.74. The molecule has 1 saturated heterocycles. The fourth-order valence-corrected chi connectivity index (χ4v) is 2.56. The topological polar surface area (TPSA) is 188 Å². The predicted octanol–water partition coefficient (Wildman–Crippen LogP) is -4.11. The second kappa shape index (κ2) is 6.22. The van der Waals surface area contributed by atoms with Crippen molar-refractivity contribution in [3.8, 4) is 0 Å². The van der Waals surface area contributed by atoms with Gasteiger partial charge < -0.3 is 30.9 Å². The van der Waals surface area contributed by atoms with Crippen molar-refractivity contribution >= 4 is 5.97 Å². The molecule has 1 fully saturated rings. The zero-order chi connectivity index (χ0) is 17.4. The first kappa shape index (κ1) is 17.3. The van der Waals surface area contributed by atoms with Gasteiger partial charge in [-0.05, 0) is 0 Å².